The number of nitrogens with one attached hydrogen (secondary N) is 1. The van der Waals surface area contributed by atoms with Crippen LogP contribution in [0.3, 0.4) is 0 Å². The molecule has 2 N–H and O–H groups in total. The third-order valence-electron chi connectivity index (χ3n) is 1.58. The number of sulfonamides is 1. The third kappa shape index (κ3) is 3.04. The van der Waals surface area contributed by atoms with Crippen LogP contribution in [0.1, 0.15) is 5.56 Å². The van der Waals surface area contributed by atoms with Gasteiger partial charge in [-0.15, -0.1) is 0 Å². The summed E-state index contributed by atoms with van der Waals surface area (Å²) in [6, 6.07) is 6.18. The van der Waals surface area contributed by atoms with Crippen LogP contribution in [-0.2, 0) is 15.8 Å². The van der Waals surface area contributed by atoms with Crippen LogP contribution >= 0.6 is 0 Å². The van der Waals surface area contributed by atoms with E-state index in [9.17, 15) is 8.42 Å². The van der Waals surface area contributed by atoms with Crippen molar-refractivity contribution in [3.8, 4) is 5.75 Å². The predicted molar refractivity (Wildman–Crippen MR) is 49.8 cm³/mol. The summed E-state index contributed by atoms with van der Waals surface area (Å²) in [5, 5.41) is 9.07. The van der Waals surface area contributed by atoms with Gasteiger partial charge < -0.3 is 5.11 Å². The van der Waals surface area contributed by atoms with E-state index in [0.717, 1.165) is 0 Å². The van der Waals surface area contributed by atoms with Gasteiger partial charge in [-0.05, 0) is 24.7 Å². The fraction of sp³-hybridized carbons (Fsp3) is 0.250. The summed E-state index contributed by atoms with van der Waals surface area (Å²) < 4.78 is 24.4. The monoisotopic (exact) mass is 201 g/mol. The van der Waals surface area contributed by atoms with E-state index in [-0.39, 0.29) is 11.5 Å². The van der Waals surface area contributed by atoms with E-state index in [4.69, 9.17) is 5.11 Å². The van der Waals surface area contributed by atoms with Crippen LogP contribution in [0.4, 0.5) is 0 Å². The Hall–Kier alpha value is -1.07. The molecule has 0 aromatic heterocycles. The highest BCUT2D eigenvalue weighted by molar-refractivity contribution is 7.88. The minimum atomic E-state index is -3.25. The number of rotatable bonds is 3. The van der Waals surface area contributed by atoms with Crippen molar-refractivity contribution in [2.75, 3.05) is 7.05 Å². The van der Waals surface area contributed by atoms with Crippen LogP contribution in [0.2, 0.25) is 0 Å². The Morgan fingerprint density at radius 3 is 2.69 bits per heavy atom. The first-order valence-electron chi connectivity index (χ1n) is 3.72. The lowest BCUT2D eigenvalue weighted by atomic mass is 10.2. The van der Waals surface area contributed by atoms with Gasteiger partial charge in [-0.25, -0.2) is 13.1 Å². The summed E-state index contributed by atoms with van der Waals surface area (Å²) >= 11 is 0. The number of phenols is 1. The van der Waals surface area contributed by atoms with E-state index in [1.165, 1.54) is 19.2 Å². The van der Waals surface area contributed by atoms with Crippen molar-refractivity contribution in [1.82, 2.24) is 4.72 Å². The molecular weight excluding hydrogens is 190 g/mol. The molecule has 13 heavy (non-hydrogen) atoms. The highest BCUT2D eigenvalue weighted by Crippen LogP contribution is 2.12. The summed E-state index contributed by atoms with van der Waals surface area (Å²) in [5.41, 5.74) is 0.564. The topological polar surface area (TPSA) is 66.4 Å². The maximum absolute atomic E-state index is 11.1. The van der Waals surface area contributed by atoms with Crippen molar-refractivity contribution >= 4 is 10.0 Å². The largest absolute Gasteiger partial charge is 0.508 e. The second-order valence-electron chi connectivity index (χ2n) is 2.63. The highest BCUT2D eigenvalue weighted by atomic mass is 32.2. The molecule has 0 bridgehead atoms. The van der Waals surface area contributed by atoms with E-state index >= 15 is 0 Å². The predicted octanol–water partition coefficient (Wildman–Crippen LogP) is 0.441. The molecule has 5 heteroatoms. The third-order valence-corrected chi connectivity index (χ3v) is 2.91. The molecule has 1 aromatic rings. The Bertz CT molecular complexity index is 386. The zero-order chi connectivity index (χ0) is 9.90. The number of hydrogen-bond acceptors (Lipinski definition) is 3. The van der Waals surface area contributed by atoms with Gasteiger partial charge in [0.05, 0.1) is 5.75 Å². The Kier molecular flexibility index (Phi) is 2.90. The van der Waals surface area contributed by atoms with E-state index in [0.29, 0.717) is 5.56 Å². The van der Waals surface area contributed by atoms with Gasteiger partial charge in [0.15, 0.2) is 0 Å². The Balaban J connectivity index is 2.87. The highest BCUT2D eigenvalue weighted by Gasteiger charge is 2.08. The van der Waals surface area contributed by atoms with Gasteiger partial charge in [0.1, 0.15) is 5.75 Å². The van der Waals surface area contributed by atoms with Crippen molar-refractivity contribution in [2.45, 2.75) is 5.75 Å². The summed E-state index contributed by atoms with van der Waals surface area (Å²) in [5.74, 6) is -0.0402. The lowest BCUT2D eigenvalue weighted by Gasteiger charge is -2.02. The number of benzene rings is 1. The van der Waals surface area contributed by atoms with E-state index in [1.54, 1.807) is 12.1 Å². The van der Waals surface area contributed by atoms with E-state index in [1.807, 2.05) is 0 Å². The van der Waals surface area contributed by atoms with Crippen LogP contribution < -0.4 is 4.72 Å². The van der Waals surface area contributed by atoms with Crippen LogP contribution in [0.25, 0.3) is 0 Å². The second kappa shape index (κ2) is 3.76. The number of aromatic hydroxyl groups is 1. The van der Waals surface area contributed by atoms with Crippen LogP contribution in [0.5, 0.6) is 5.75 Å². The molecule has 72 valence electrons. The molecule has 0 aliphatic carbocycles. The summed E-state index contributed by atoms with van der Waals surface area (Å²) in [6.07, 6.45) is 0. The zero-order valence-corrected chi connectivity index (χ0v) is 8.00. The van der Waals surface area contributed by atoms with Gasteiger partial charge in [-0.2, -0.15) is 0 Å². The molecule has 0 saturated heterocycles. The normalized spacial score (nSPS) is 11.5. The number of hydrogen-bond donors (Lipinski definition) is 2. The van der Waals surface area contributed by atoms with Gasteiger partial charge in [-0.1, -0.05) is 12.1 Å². The zero-order valence-electron chi connectivity index (χ0n) is 7.19. The van der Waals surface area contributed by atoms with Crippen molar-refractivity contribution in [1.29, 1.82) is 0 Å². The fourth-order valence-electron chi connectivity index (χ4n) is 0.938. The molecule has 4 nitrogen and oxygen atoms in total. The molecule has 0 fully saturated rings. The molecule has 0 unspecified atom stereocenters. The molecule has 0 radical (unpaired) electrons. The van der Waals surface area contributed by atoms with Crippen LogP contribution in [0.15, 0.2) is 24.3 Å². The Labute approximate surface area is 77.3 Å². The van der Waals surface area contributed by atoms with Gasteiger partial charge in [-0.3, -0.25) is 0 Å². The summed E-state index contributed by atoms with van der Waals surface area (Å²) in [7, 11) is -1.89. The molecule has 0 aliphatic heterocycles. The maximum atomic E-state index is 11.1. The average Bonchev–Trinajstić information content (AvgIpc) is 2.03. The minimum absolute atomic E-state index is 0.0730. The first-order valence-corrected chi connectivity index (χ1v) is 5.38. The molecule has 0 amide bonds. The van der Waals surface area contributed by atoms with Crippen molar-refractivity contribution < 1.29 is 13.5 Å². The molecule has 1 rings (SSSR count). The lowest BCUT2D eigenvalue weighted by molar-refractivity contribution is 0.475. The van der Waals surface area contributed by atoms with Crippen LogP contribution in [0, 0.1) is 0 Å². The van der Waals surface area contributed by atoms with Gasteiger partial charge in [0, 0.05) is 0 Å². The molecule has 0 spiro atoms. The smallest absolute Gasteiger partial charge is 0.215 e. The first kappa shape index (κ1) is 10.0. The minimum Gasteiger partial charge on any atom is -0.508 e. The van der Waals surface area contributed by atoms with Gasteiger partial charge in [0.2, 0.25) is 10.0 Å². The molecule has 0 atom stereocenters. The van der Waals surface area contributed by atoms with Crippen molar-refractivity contribution in [3.05, 3.63) is 29.8 Å². The number of phenolic OH excluding ortho intramolecular Hbond substituents is 1. The molecule has 0 saturated carbocycles. The van der Waals surface area contributed by atoms with E-state index < -0.39 is 10.0 Å². The molecule has 0 heterocycles. The average molecular weight is 201 g/mol. The summed E-state index contributed by atoms with van der Waals surface area (Å²) in [6.45, 7) is 0. The standard InChI is InChI=1S/C8H11NO3S/c1-9-13(11,12)6-7-3-2-4-8(10)5-7/h2-5,9-10H,6H2,1H3. The molecular formula is C8H11NO3S. The van der Waals surface area contributed by atoms with E-state index in [2.05, 4.69) is 4.72 Å². The fourth-order valence-corrected chi connectivity index (χ4v) is 1.70. The SMILES string of the molecule is CNS(=O)(=O)Cc1cccc(O)c1. The molecule has 0 aliphatic rings. The summed E-state index contributed by atoms with van der Waals surface area (Å²) in [4.78, 5) is 0. The molecule has 1 aromatic carbocycles. The first-order chi connectivity index (χ1) is 6.03. The van der Waals surface area contributed by atoms with Gasteiger partial charge >= 0.3 is 0 Å². The lowest BCUT2D eigenvalue weighted by Crippen LogP contribution is -2.20. The van der Waals surface area contributed by atoms with Crippen molar-refractivity contribution in [2.24, 2.45) is 0 Å². The maximum Gasteiger partial charge on any atom is 0.215 e. The Morgan fingerprint density at radius 1 is 1.46 bits per heavy atom. The van der Waals surface area contributed by atoms with Crippen LogP contribution in [-0.4, -0.2) is 20.6 Å². The quantitative estimate of drug-likeness (QED) is 0.745. The van der Waals surface area contributed by atoms with Crippen molar-refractivity contribution in [3.63, 3.8) is 0 Å². The Morgan fingerprint density at radius 2 is 2.15 bits per heavy atom. The van der Waals surface area contributed by atoms with Gasteiger partial charge in [0.25, 0.3) is 0 Å². The second-order valence-corrected chi connectivity index (χ2v) is 4.56.